The van der Waals surface area contributed by atoms with E-state index in [2.05, 4.69) is 16.0 Å². The molecule has 1 saturated heterocycles. The number of anilines is 3. The lowest BCUT2D eigenvalue weighted by Gasteiger charge is -2.40. The first-order valence-corrected chi connectivity index (χ1v) is 13.7. The zero-order valence-electron chi connectivity index (χ0n) is 21.7. The number of methoxy groups -OCH3 is 3. The molecule has 2 aliphatic heterocycles. The number of aliphatic imine (C=N–C) groups is 1. The minimum atomic E-state index is -3.44. The molecule has 0 radical (unpaired) electrons. The number of hydrogen-bond acceptors (Lipinski definition) is 9. The second-order valence-corrected chi connectivity index (χ2v) is 11.8. The van der Waals surface area contributed by atoms with Gasteiger partial charge in [-0.3, -0.25) is 4.99 Å². The Kier molecular flexibility index (Phi) is 7.77. The number of piperidine rings is 1. The first-order valence-electron chi connectivity index (χ1n) is 12.1. The fourth-order valence-corrected chi connectivity index (χ4v) is 5.96. The SMILES string of the molecule is COc1cc(N2CCC(OC)(OC)CC2)ccc1N1C=NCN(c2ccccc2S(=O)(=O)C(C)C)C1. The van der Waals surface area contributed by atoms with Gasteiger partial charge in [-0.2, -0.15) is 0 Å². The van der Waals surface area contributed by atoms with Gasteiger partial charge in [0, 0.05) is 51.9 Å². The van der Waals surface area contributed by atoms with Crippen LogP contribution in [0, 0.1) is 0 Å². The van der Waals surface area contributed by atoms with Crippen molar-refractivity contribution in [3.63, 3.8) is 0 Å². The van der Waals surface area contributed by atoms with E-state index in [-0.39, 0.29) is 0 Å². The van der Waals surface area contributed by atoms with Gasteiger partial charge in [0.25, 0.3) is 0 Å². The second kappa shape index (κ2) is 10.7. The van der Waals surface area contributed by atoms with Crippen LogP contribution >= 0.6 is 0 Å². The lowest BCUT2D eigenvalue weighted by molar-refractivity contribution is -0.216. The van der Waals surface area contributed by atoms with Crippen LogP contribution in [0.4, 0.5) is 17.1 Å². The van der Waals surface area contributed by atoms with E-state index in [1.165, 1.54) is 0 Å². The van der Waals surface area contributed by atoms with Crippen LogP contribution < -0.4 is 19.4 Å². The maximum absolute atomic E-state index is 13.0. The molecule has 2 aromatic carbocycles. The molecule has 0 aliphatic carbocycles. The van der Waals surface area contributed by atoms with Gasteiger partial charge in [-0.15, -0.1) is 0 Å². The van der Waals surface area contributed by atoms with Crippen LogP contribution in [0.15, 0.2) is 52.4 Å². The van der Waals surface area contributed by atoms with E-state index in [1.54, 1.807) is 53.6 Å². The van der Waals surface area contributed by atoms with E-state index in [0.717, 1.165) is 43.1 Å². The van der Waals surface area contributed by atoms with Crippen LogP contribution in [-0.2, 0) is 19.3 Å². The van der Waals surface area contributed by atoms with E-state index < -0.39 is 20.9 Å². The standard InChI is InChI=1S/C26H36N4O5S/c1-20(2)36(31,32)25-9-7-6-8-23(25)30-18-27-17-29(19-30)22-11-10-21(16-24(22)33-3)28-14-12-26(34-4,35-5)13-15-28/h6-11,16-17,20H,12-15,18-19H2,1-5H3. The first kappa shape index (κ1) is 26.2. The number of nitrogens with zero attached hydrogens (tertiary/aromatic N) is 4. The fraction of sp³-hybridized carbons (Fsp3) is 0.500. The van der Waals surface area contributed by atoms with Crippen LogP contribution in [0.2, 0.25) is 0 Å². The molecule has 0 spiro atoms. The Labute approximate surface area is 214 Å². The lowest BCUT2D eigenvalue weighted by atomic mass is 10.0. The highest BCUT2D eigenvalue weighted by atomic mass is 32.2. The Balaban J connectivity index is 1.56. The molecule has 2 aliphatic rings. The number of rotatable bonds is 8. The molecule has 10 heteroatoms. The third-order valence-corrected chi connectivity index (χ3v) is 9.24. The van der Waals surface area contributed by atoms with E-state index in [0.29, 0.717) is 23.9 Å². The maximum Gasteiger partial charge on any atom is 0.182 e. The Morgan fingerprint density at radius 2 is 1.64 bits per heavy atom. The fourth-order valence-electron chi connectivity index (χ4n) is 4.70. The summed E-state index contributed by atoms with van der Waals surface area (Å²) in [6.07, 6.45) is 3.33. The summed E-state index contributed by atoms with van der Waals surface area (Å²) < 4.78 is 43.0. The normalized spacial score (nSPS) is 18.1. The molecule has 0 aromatic heterocycles. The summed E-state index contributed by atoms with van der Waals surface area (Å²) >= 11 is 0. The van der Waals surface area contributed by atoms with Gasteiger partial charge in [-0.25, -0.2) is 8.42 Å². The van der Waals surface area contributed by atoms with E-state index >= 15 is 0 Å². The summed E-state index contributed by atoms with van der Waals surface area (Å²) in [6.45, 7) is 5.83. The highest BCUT2D eigenvalue weighted by Gasteiger charge is 2.35. The predicted octanol–water partition coefficient (Wildman–Crippen LogP) is 3.74. The molecular formula is C26H36N4O5S. The van der Waals surface area contributed by atoms with Crippen molar-refractivity contribution in [1.82, 2.24) is 0 Å². The smallest absolute Gasteiger partial charge is 0.182 e. The predicted molar refractivity (Wildman–Crippen MR) is 143 cm³/mol. The zero-order chi connectivity index (χ0) is 25.9. The van der Waals surface area contributed by atoms with Crippen molar-refractivity contribution < 1.29 is 22.6 Å². The molecule has 2 heterocycles. The molecule has 4 rings (SSSR count). The monoisotopic (exact) mass is 516 g/mol. The Bertz CT molecular complexity index is 1190. The second-order valence-electron chi connectivity index (χ2n) is 9.31. The number of sulfone groups is 1. The summed E-state index contributed by atoms with van der Waals surface area (Å²) in [5.41, 5.74) is 2.58. The van der Waals surface area contributed by atoms with Gasteiger partial charge in [0.15, 0.2) is 15.6 Å². The Morgan fingerprint density at radius 3 is 2.28 bits per heavy atom. The molecule has 0 atom stereocenters. The van der Waals surface area contributed by atoms with Gasteiger partial charge in [0.05, 0.1) is 41.6 Å². The van der Waals surface area contributed by atoms with Crippen LogP contribution in [0.1, 0.15) is 26.7 Å². The number of benzene rings is 2. The van der Waals surface area contributed by atoms with Crippen molar-refractivity contribution in [3.05, 3.63) is 42.5 Å². The molecule has 0 N–H and O–H groups in total. The largest absolute Gasteiger partial charge is 0.494 e. The quantitative estimate of drug-likeness (QED) is 0.491. The molecule has 36 heavy (non-hydrogen) atoms. The Hall–Kier alpha value is -2.82. The highest BCUT2D eigenvalue weighted by Crippen LogP contribution is 2.37. The zero-order valence-corrected chi connectivity index (χ0v) is 22.5. The Morgan fingerprint density at radius 1 is 0.944 bits per heavy atom. The topological polar surface area (TPSA) is 83.9 Å². The number of para-hydroxylation sites is 1. The minimum Gasteiger partial charge on any atom is -0.494 e. The van der Waals surface area contributed by atoms with Gasteiger partial charge >= 0.3 is 0 Å². The number of hydrogen-bond donors (Lipinski definition) is 0. The highest BCUT2D eigenvalue weighted by molar-refractivity contribution is 7.92. The molecule has 1 fully saturated rings. The molecule has 0 bridgehead atoms. The molecule has 0 amide bonds. The minimum absolute atomic E-state index is 0.327. The van der Waals surface area contributed by atoms with Crippen molar-refractivity contribution in [2.45, 2.75) is 42.6 Å². The molecule has 9 nitrogen and oxygen atoms in total. The summed E-state index contributed by atoms with van der Waals surface area (Å²) in [4.78, 5) is 11.1. The van der Waals surface area contributed by atoms with Crippen molar-refractivity contribution >= 4 is 33.2 Å². The molecule has 2 aromatic rings. The molecular weight excluding hydrogens is 480 g/mol. The summed E-state index contributed by atoms with van der Waals surface area (Å²) in [5, 5.41) is -0.511. The number of ether oxygens (including phenoxy) is 3. The average Bonchev–Trinajstić information content (AvgIpc) is 2.92. The van der Waals surface area contributed by atoms with E-state index in [1.807, 2.05) is 34.1 Å². The van der Waals surface area contributed by atoms with Gasteiger partial charge in [0.2, 0.25) is 0 Å². The third-order valence-electron chi connectivity index (χ3n) is 7.04. The van der Waals surface area contributed by atoms with E-state index in [9.17, 15) is 8.42 Å². The van der Waals surface area contributed by atoms with Crippen molar-refractivity contribution in [2.24, 2.45) is 4.99 Å². The molecule has 196 valence electrons. The van der Waals surface area contributed by atoms with E-state index in [4.69, 9.17) is 14.2 Å². The summed E-state index contributed by atoms with van der Waals surface area (Å²) in [7, 11) is 1.60. The maximum atomic E-state index is 13.0. The summed E-state index contributed by atoms with van der Waals surface area (Å²) in [5.74, 6) is 0.201. The van der Waals surface area contributed by atoms with Crippen molar-refractivity contribution in [1.29, 1.82) is 0 Å². The first-order chi connectivity index (χ1) is 17.2. The van der Waals surface area contributed by atoms with Gasteiger partial charge in [-0.1, -0.05) is 12.1 Å². The van der Waals surface area contributed by atoms with Gasteiger partial charge < -0.3 is 28.9 Å². The van der Waals surface area contributed by atoms with Crippen molar-refractivity contribution in [3.8, 4) is 5.75 Å². The average molecular weight is 517 g/mol. The summed E-state index contributed by atoms with van der Waals surface area (Å²) in [6, 6.07) is 13.3. The van der Waals surface area contributed by atoms with Crippen LogP contribution in [0.25, 0.3) is 0 Å². The van der Waals surface area contributed by atoms with Crippen LogP contribution in [0.3, 0.4) is 0 Å². The van der Waals surface area contributed by atoms with Gasteiger partial charge in [-0.05, 0) is 38.1 Å². The van der Waals surface area contributed by atoms with Crippen LogP contribution in [-0.4, -0.2) is 73.5 Å². The lowest BCUT2D eigenvalue weighted by Crippen LogP contribution is -2.47. The van der Waals surface area contributed by atoms with Gasteiger partial charge in [0.1, 0.15) is 12.4 Å². The third kappa shape index (κ3) is 5.02. The van der Waals surface area contributed by atoms with Crippen LogP contribution in [0.5, 0.6) is 5.75 Å². The van der Waals surface area contributed by atoms with Crippen molar-refractivity contribution in [2.75, 3.05) is 62.5 Å². The molecule has 0 saturated carbocycles. The molecule has 0 unspecified atom stereocenters.